The molecule has 0 bridgehead atoms. The summed E-state index contributed by atoms with van der Waals surface area (Å²) in [6.45, 7) is 0.474. The van der Waals surface area contributed by atoms with Crippen LogP contribution in [-0.2, 0) is 9.53 Å². The summed E-state index contributed by atoms with van der Waals surface area (Å²) >= 11 is 0. The van der Waals surface area contributed by atoms with Crippen molar-refractivity contribution >= 4 is 6.47 Å². The van der Waals surface area contributed by atoms with Gasteiger partial charge in [-0.3, -0.25) is 10.5 Å². The molecule has 1 saturated carbocycles. The molecule has 1 fully saturated rings. The Morgan fingerprint density at radius 3 is 2.08 bits per heavy atom. The molecule has 0 spiro atoms. The second-order valence-corrected chi connectivity index (χ2v) is 3.55. The molecule has 1 rings (SSSR count). The lowest BCUT2D eigenvalue weighted by atomic mass is 9.94. The molecule has 0 unspecified atom stereocenters. The van der Waals surface area contributed by atoms with Crippen molar-refractivity contribution in [1.82, 2.24) is 0 Å². The van der Waals surface area contributed by atoms with Crippen molar-refractivity contribution in [3.63, 3.8) is 0 Å². The van der Waals surface area contributed by atoms with Gasteiger partial charge in [-0.2, -0.15) is 0 Å². The van der Waals surface area contributed by atoms with Crippen molar-refractivity contribution in [3.8, 4) is 0 Å². The number of ether oxygens (including phenoxy) is 1. The molecule has 0 aromatic heterocycles. The van der Waals surface area contributed by atoms with E-state index in [2.05, 4.69) is 0 Å². The van der Waals surface area contributed by atoms with Gasteiger partial charge in [0.1, 0.15) is 0 Å². The van der Waals surface area contributed by atoms with E-state index in [-0.39, 0.29) is 0 Å². The fourth-order valence-corrected chi connectivity index (χ4v) is 1.72. The zero-order valence-corrected chi connectivity index (χ0v) is 7.42. The van der Waals surface area contributed by atoms with Gasteiger partial charge in [-0.1, -0.05) is 19.3 Å². The van der Waals surface area contributed by atoms with Gasteiger partial charge in [0.15, 0.2) is 5.72 Å². The molecule has 0 saturated heterocycles. The Labute approximate surface area is 73.3 Å². The zero-order valence-electron chi connectivity index (χ0n) is 7.42. The van der Waals surface area contributed by atoms with Gasteiger partial charge in [0.2, 0.25) is 0 Å². The lowest BCUT2D eigenvalue weighted by molar-refractivity contribution is -0.145. The summed E-state index contributed by atoms with van der Waals surface area (Å²) in [5.41, 5.74) is 5.22. The molecule has 0 radical (unpaired) electrons. The summed E-state index contributed by atoms with van der Waals surface area (Å²) in [6, 6.07) is 0. The third kappa shape index (κ3) is 2.81. The van der Waals surface area contributed by atoms with Crippen LogP contribution in [0.2, 0.25) is 0 Å². The number of carbonyl (C=O) groups excluding carboxylic acids is 1. The first-order chi connectivity index (χ1) is 5.77. The molecule has 0 heterocycles. The molecule has 70 valence electrons. The fourth-order valence-electron chi connectivity index (χ4n) is 1.72. The molecule has 12 heavy (non-hydrogen) atoms. The zero-order chi connectivity index (χ0) is 8.86. The van der Waals surface area contributed by atoms with Crippen LogP contribution in [-0.4, -0.2) is 12.2 Å². The van der Waals surface area contributed by atoms with Crippen molar-refractivity contribution in [3.05, 3.63) is 0 Å². The molecule has 3 nitrogen and oxygen atoms in total. The topological polar surface area (TPSA) is 52.3 Å². The molecule has 3 heteroatoms. The summed E-state index contributed by atoms with van der Waals surface area (Å²) < 4.78 is 4.90. The maximum Gasteiger partial charge on any atom is 0.294 e. The van der Waals surface area contributed by atoms with E-state index in [9.17, 15) is 4.79 Å². The Balaban J connectivity index is 2.41. The largest absolute Gasteiger partial charge is 0.446 e. The number of hydrogen-bond donors (Lipinski definition) is 1. The lowest BCUT2D eigenvalue weighted by Crippen LogP contribution is -2.42. The maximum atomic E-state index is 10.2. The summed E-state index contributed by atoms with van der Waals surface area (Å²) in [6.07, 6.45) is 7.48. The van der Waals surface area contributed by atoms with Gasteiger partial charge in [0, 0.05) is 12.8 Å². The fraction of sp³-hybridized carbons (Fsp3) is 0.889. The predicted octanol–water partition coefficient (Wildman–Crippen LogP) is 1.56. The standard InChI is InChI=1S/C9H17NO2/c10-9(12-8-11)6-4-2-1-3-5-7-9/h8H,1-7,10H2. The van der Waals surface area contributed by atoms with Gasteiger partial charge in [0.05, 0.1) is 0 Å². The van der Waals surface area contributed by atoms with E-state index in [4.69, 9.17) is 10.5 Å². The smallest absolute Gasteiger partial charge is 0.294 e. The van der Waals surface area contributed by atoms with Gasteiger partial charge in [0.25, 0.3) is 6.47 Å². The molecule has 0 aliphatic heterocycles. The highest BCUT2D eigenvalue weighted by Crippen LogP contribution is 2.24. The summed E-state index contributed by atoms with van der Waals surface area (Å²) in [5, 5.41) is 0. The first-order valence-electron chi connectivity index (χ1n) is 4.67. The number of hydrogen-bond acceptors (Lipinski definition) is 3. The van der Waals surface area contributed by atoms with E-state index in [0.717, 1.165) is 25.7 Å². The highest BCUT2D eigenvalue weighted by Gasteiger charge is 2.26. The van der Waals surface area contributed by atoms with E-state index >= 15 is 0 Å². The van der Waals surface area contributed by atoms with E-state index in [1.807, 2.05) is 0 Å². The number of carbonyl (C=O) groups is 1. The van der Waals surface area contributed by atoms with Crippen molar-refractivity contribution < 1.29 is 9.53 Å². The summed E-state index contributed by atoms with van der Waals surface area (Å²) in [5.74, 6) is 0. The van der Waals surface area contributed by atoms with E-state index in [1.165, 1.54) is 19.3 Å². The minimum Gasteiger partial charge on any atom is -0.446 e. The van der Waals surface area contributed by atoms with Crippen molar-refractivity contribution in [2.75, 3.05) is 0 Å². The molecule has 0 atom stereocenters. The molecular weight excluding hydrogens is 154 g/mol. The first-order valence-corrected chi connectivity index (χ1v) is 4.67. The van der Waals surface area contributed by atoms with E-state index in [0.29, 0.717) is 6.47 Å². The van der Waals surface area contributed by atoms with E-state index < -0.39 is 5.72 Å². The Kier molecular flexibility index (Phi) is 3.53. The Bertz CT molecular complexity index is 139. The number of nitrogens with two attached hydrogens (primary N) is 1. The van der Waals surface area contributed by atoms with Crippen LogP contribution in [0.3, 0.4) is 0 Å². The maximum absolute atomic E-state index is 10.2. The van der Waals surface area contributed by atoms with Crippen LogP contribution >= 0.6 is 0 Å². The van der Waals surface area contributed by atoms with Gasteiger partial charge in [-0.05, 0) is 12.8 Å². The molecule has 1 aliphatic carbocycles. The quantitative estimate of drug-likeness (QED) is 0.506. The normalized spacial score (nSPS) is 23.8. The number of rotatable bonds is 2. The van der Waals surface area contributed by atoms with Crippen LogP contribution in [0.25, 0.3) is 0 Å². The van der Waals surface area contributed by atoms with Crippen molar-refractivity contribution in [2.24, 2.45) is 5.73 Å². The highest BCUT2D eigenvalue weighted by atomic mass is 16.5. The van der Waals surface area contributed by atoms with Crippen molar-refractivity contribution in [2.45, 2.75) is 50.7 Å². The Morgan fingerprint density at radius 2 is 1.58 bits per heavy atom. The summed E-state index contributed by atoms with van der Waals surface area (Å²) in [4.78, 5) is 10.2. The molecule has 1 aliphatic rings. The molecule has 0 amide bonds. The third-order valence-electron chi connectivity index (χ3n) is 2.48. The Morgan fingerprint density at radius 1 is 1.08 bits per heavy atom. The average Bonchev–Trinajstić information content (AvgIpc) is 1.99. The van der Waals surface area contributed by atoms with Gasteiger partial charge in [-0.15, -0.1) is 0 Å². The SMILES string of the molecule is NC1(OC=O)CCCCCCC1. The molecule has 0 aromatic rings. The van der Waals surface area contributed by atoms with Crippen LogP contribution in [0.15, 0.2) is 0 Å². The van der Waals surface area contributed by atoms with Crippen LogP contribution in [0.4, 0.5) is 0 Å². The van der Waals surface area contributed by atoms with Gasteiger partial charge < -0.3 is 4.74 Å². The molecule has 2 N–H and O–H groups in total. The Hall–Kier alpha value is -0.570. The van der Waals surface area contributed by atoms with Crippen LogP contribution in [0, 0.1) is 0 Å². The minimum atomic E-state index is -0.665. The molecular formula is C9H17NO2. The second-order valence-electron chi connectivity index (χ2n) is 3.55. The predicted molar refractivity (Wildman–Crippen MR) is 46.4 cm³/mol. The van der Waals surface area contributed by atoms with E-state index in [1.54, 1.807) is 0 Å². The lowest BCUT2D eigenvalue weighted by Gasteiger charge is -2.29. The van der Waals surface area contributed by atoms with Crippen LogP contribution in [0.1, 0.15) is 44.9 Å². The minimum absolute atomic E-state index is 0.474. The van der Waals surface area contributed by atoms with Gasteiger partial charge in [-0.25, -0.2) is 0 Å². The summed E-state index contributed by atoms with van der Waals surface area (Å²) in [7, 11) is 0. The third-order valence-corrected chi connectivity index (χ3v) is 2.48. The monoisotopic (exact) mass is 171 g/mol. The first kappa shape index (κ1) is 9.52. The van der Waals surface area contributed by atoms with Crippen molar-refractivity contribution in [1.29, 1.82) is 0 Å². The van der Waals surface area contributed by atoms with Gasteiger partial charge >= 0.3 is 0 Å². The average molecular weight is 171 g/mol. The molecule has 0 aromatic carbocycles. The highest BCUT2D eigenvalue weighted by molar-refractivity contribution is 5.38. The second kappa shape index (κ2) is 4.45. The van der Waals surface area contributed by atoms with Crippen LogP contribution < -0.4 is 5.73 Å². The van der Waals surface area contributed by atoms with Crippen LogP contribution in [0.5, 0.6) is 0 Å².